The quantitative estimate of drug-likeness (QED) is 0.625. The molecular formula is C19H15N. The van der Waals surface area contributed by atoms with Crippen LogP contribution in [0.1, 0.15) is 11.1 Å². The standard InChI is InChI=1S/C19H15N/c1-2-6-14(7-3-1)16-12-13-20-19-17-9-5-4-8-15(17)10-11-18(16)19/h1-9,12-13H,10-11H2. The summed E-state index contributed by atoms with van der Waals surface area (Å²) in [6.45, 7) is 0. The van der Waals surface area contributed by atoms with Gasteiger partial charge in [-0.1, -0.05) is 54.6 Å². The van der Waals surface area contributed by atoms with E-state index in [1.807, 2.05) is 6.20 Å². The minimum absolute atomic E-state index is 1.07. The molecule has 0 aliphatic heterocycles. The van der Waals surface area contributed by atoms with Crippen molar-refractivity contribution in [1.82, 2.24) is 4.98 Å². The highest BCUT2D eigenvalue weighted by atomic mass is 14.7. The SMILES string of the molecule is c1ccc(-c2ccnc3c2CCc2ccccc2-3)cc1. The minimum atomic E-state index is 1.07. The molecule has 0 unspecified atom stereocenters. The maximum absolute atomic E-state index is 4.65. The average molecular weight is 257 g/mol. The molecule has 20 heavy (non-hydrogen) atoms. The first kappa shape index (κ1) is 11.4. The van der Waals surface area contributed by atoms with Crippen LogP contribution in [0.3, 0.4) is 0 Å². The summed E-state index contributed by atoms with van der Waals surface area (Å²) < 4.78 is 0. The van der Waals surface area contributed by atoms with Crippen molar-refractivity contribution in [3.05, 3.63) is 78.0 Å². The zero-order valence-corrected chi connectivity index (χ0v) is 11.2. The fraction of sp³-hybridized carbons (Fsp3) is 0.105. The number of benzene rings is 2. The zero-order valence-electron chi connectivity index (χ0n) is 11.2. The number of fused-ring (bicyclic) bond motifs is 3. The number of nitrogens with zero attached hydrogens (tertiary/aromatic N) is 1. The van der Waals surface area contributed by atoms with Gasteiger partial charge >= 0.3 is 0 Å². The number of hydrogen-bond acceptors (Lipinski definition) is 1. The van der Waals surface area contributed by atoms with Gasteiger partial charge in [-0.15, -0.1) is 0 Å². The highest BCUT2D eigenvalue weighted by Crippen LogP contribution is 2.36. The Bertz CT molecular complexity index is 745. The van der Waals surface area contributed by atoms with E-state index < -0.39 is 0 Å². The zero-order chi connectivity index (χ0) is 13.4. The Balaban J connectivity index is 1.95. The maximum Gasteiger partial charge on any atom is 0.0742 e. The van der Waals surface area contributed by atoms with Crippen LogP contribution >= 0.6 is 0 Å². The predicted molar refractivity (Wildman–Crippen MR) is 82.5 cm³/mol. The summed E-state index contributed by atoms with van der Waals surface area (Å²) in [5.74, 6) is 0. The lowest BCUT2D eigenvalue weighted by Gasteiger charge is -2.21. The number of rotatable bonds is 1. The number of aromatic nitrogens is 1. The normalized spacial score (nSPS) is 12.6. The molecule has 1 aliphatic rings. The van der Waals surface area contributed by atoms with E-state index in [0.717, 1.165) is 18.5 Å². The Labute approximate surface area is 118 Å². The van der Waals surface area contributed by atoms with Crippen molar-refractivity contribution in [2.45, 2.75) is 12.8 Å². The van der Waals surface area contributed by atoms with Gasteiger partial charge in [-0.05, 0) is 41.2 Å². The smallest absolute Gasteiger partial charge is 0.0742 e. The van der Waals surface area contributed by atoms with Gasteiger partial charge in [0.2, 0.25) is 0 Å². The summed E-state index contributed by atoms with van der Waals surface area (Å²) in [5, 5.41) is 0. The molecule has 0 radical (unpaired) electrons. The van der Waals surface area contributed by atoms with Crippen LogP contribution in [0.5, 0.6) is 0 Å². The van der Waals surface area contributed by atoms with Crippen LogP contribution in [0, 0.1) is 0 Å². The first-order valence-electron chi connectivity index (χ1n) is 7.05. The molecule has 0 saturated heterocycles. The second-order valence-electron chi connectivity index (χ2n) is 5.21. The predicted octanol–water partition coefficient (Wildman–Crippen LogP) is 4.51. The molecule has 1 nitrogen and oxygen atoms in total. The summed E-state index contributed by atoms with van der Waals surface area (Å²) >= 11 is 0. The van der Waals surface area contributed by atoms with E-state index in [2.05, 4.69) is 65.6 Å². The molecule has 0 N–H and O–H groups in total. The number of hydrogen-bond donors (Lipinski definition) is 0. The van der Waals surface area contributed by atoms with Gasteiger partial charge in [-0.25, -0.2) is 0 Å². The third-order valence-electron chi connectivity index (χ3n) is 4.06. The highest BCUT2D eigenvalue weighted by Gasteiger charge is 2.19. The molecule has 3 aromatic rings. The molecule has 0 fully saturated rings. The molecule has 0 amide bonds. The molecule has 0 atom stereocenters. The first-order chi connectivity index (χ1) is 9.93. The topological polar surface area (TPSA) is 12.9 Å². The molecule has 1 aliphatic carbocycles. The van der Waals surface area contributed by atoms with Crippen LogP contribution < -0.4 is 0 Å². The lowest BCUT2D eigenvalue weighted by atomic mass is 9.85. The van der Waals surface area contributed by atoms with E-state index in [9.17, 15) is 0 Å². The molecule has 1 aromatic heterocycles. The Morgan fingerprint density at radius 2 is 1.50 bits per heavy atom. The number of aryl methyl sites for hydroxylation is 1. The van der Waals surface area contributed by atoms with Crippen LogP contribution in [-0.2, 0) is 12.8 Å². The van der Waals surface area contributed by atoms with Crippen LogP contribution in [-0.4, -0.2) is 4.98 Å². The van der Waals surface area contributed by atoms with Crippen LogP contribution in [0.2, 0.25) is 0 Å². The summed E-state index contributed by atoms with van der Waals surface area (Å²) in [6.07, 6.45) is 4.11. The van der Waals surface area contributed by atoms with Gasteiger partial charge in [0.1, 0.15) is 0 Å². The third-order valence-corrected chi connectivity index (χ3v) is 4.06. The van der Waals surface area contributed by atoms with Gasteiger partial charge in [-0.3, -0.25) is 4.98 Å². The summed E-state index contributed by atoms with van der Waals surface area (Å²) in [5.41, 5.74) is 7.87. The Hall–Kier alpha value is -2.41. The van der Waals surface area contributed by atoms with Gasteiger partial charge in [0.15, 0.2) is 0 Å². The van der Waals surface area contributed by atoms with Crippen molar-refractivity contribution in [3.63, 3.8) is 0 Å². The van der Waals surface area contributed by atoms with Crippen molar-refractivity contribution in [1.29, 1.82) is 0 Å². The largest absolute Gasteiger partial charge is 0.256 e. The lowest BCUT2D eigenvalue weighted by Crippen LogP contribution is -2.07. The van der Waals surface area contributed by atoms with Crippen molar-refractivity contribution < 1.29 is 0 Å². The van der Waals surface area contributed by atoms with E-state index in [-0.39, 0.29) is 0 Å². The third kappa shape index (κ3) is 1.75. The van der Waals surface area contributed by atoms with Crippen LogP contribution in [0.15, 0.2) is 66.9 Å². The van der Waals surface area contributed by atoms with E-state index in [1.54, 1.807) is 0 Å². The molecule has 1 heteroatoms. The molecule has 1 heterocycles. The Morgan fingerprint density at radius 3 is 2.40 bits per heavy atom. The fourth-order valence-corrected chi connectivity index (χ4v) is 3.09. The van der Waals surface area contributed by atoms with E-state index in [0.29, 0.717) is 0 Å². The second-order valence-corrected chi connectivity index (χ2v) is 5.21. The van der Waals surface area contributed by atoms with Crippen molar-refractivity contribution >= 4 is 0 Å². The molecule has 0 saturated carbocycles. The Kier molecular flexibility index (Phi) is 2.63. The van der Waals surface area contributed by atoms with E-state index in [1.165, 1.54) is 27.8 Å². The second kappa shape index (κ2) is 4.61. The van der Waals surface area contributed by atoms with Gasteiger partial charge in [-0.2, -0.15) is 0 Å². The van der Waals surface area contributed by atoms with Gasteiger partial charge in [0.05, 0.1) is 5.69 Å². The van der Waals surface area contributed by atoms with Crippen LogP contribution in [0.25, 0.3) is 22.4 Å². The maximum atomic E-state index is 4.65. The molecule has 0 spiro atoms. The van der Waals surface area contributed by atoms with Crippen molar-refractivity contribution in [3.8, 4) is 22.4 Å². The monoisotopic (exact) mass is 257 g/mol. The lowest BCUT2D eigenvalue weighted by molar-refractivity contribution is 0.929. The summed E-state index contributed by atoms with van der Waals surface area (Å²) in [7, 11) is 0. The van der Waals surface area contributed by atoms with Gasteiger partial charge in [0.25, 0.3) is 0 Å². The van der Waals surface area contributed by atoms with Gasteiger partial charge in [0, 0.05) is 11.8 Å². The van der Waals surface area contributed by atoms with Crippen LogP contribution in [0.4, 0.5) is 0 Å². The fourth-order valence-electron chi connectivity index (χ4n) is 3.09. The molecular weight excluding hydrogens is 242 g/mol. The first-order valence-corrected chi connectivity index (χ1v) is 7.05. The molecule has 96 valence electrons. The summed E-state index contributed by atoms with van der Waals surface area (Å²) in [4.78, 5) is 4.65. The van der Waals surface area contributed by atoms with E-state index >= 15 is 0 Å². The Morgan fingerprint density at radius 1 is 0.700 bits per heavy atom. The number of pyridine rings is 1. The van der Waals surface area contributed by atoms with Gasteiger partial charge < -0.3 is 0 Å². The minimum Gasteiger partial charge on any atom is -0.256 e. The molecule has 2 aromatic carbocycles. The summed E-state index contributed by atoms with van der Waals surface area (Å²) in [6, 6.07) is 21.4. The molecule has 0 bridgehead atoms. The molecule has 4 rings (SSSR count). The van der Waals surface area contributed by atoms with E-state index in [4.69, 9.17) is 0 Å². The highest BCUT2D eigenvalue weighted by molar-refractivity contribution is 5.78. The average Bonchev–Trinajstić information content (AvgIpc) is 2.55. The van der Waals surface area contributed by atoms with Crippen molar-refractivity contribution in [2.75, 3.05) is 0 Å². The van der Waals surface area contributed by atoms with Crippen molar-refractivity contribution in [2.24, 2.45) is 0 Å².